The fourth-order valence-electron chi connectivity index (χ4n) is 3.01. The van der Waals surface area contributed by atoms with E-state index in [1.807, 2.05) is 22.8 Å². The Morgan fingerprint density at radius 2 is 2.15 bits per heavy atom. The van der Waals surface area contributed by atoms with Crippen LogP contribution in [-0.2, 0) is 4.74 Å². The van der Waals surface area contributed by atoms with Gasteiger partial charge in [0.15, 0.2) is 17.0 Å². The highest BCUT2D eigenvalue weighted by Crippen LogP contribution is 2.34. The molecular formula is C17H18BrN5O3. The molecule has 1 N–H and O–H groups in total. The maximum Gasteiger partial charge on any atom is 0.200 e. The summed E-state index contributed by atoms with van der Waals surface area (Å²) in [6.07, 6.45) is 3.68. The van der Waals surface area contributed by atoms with Crippen molar-refractivity contribution in [1.29, 1.82) is 0 Å². The number of benzene rings is 1. The molecule has 136 valence electrons. The third kappa shape index (κ3) is 3.08. The van der Waals surface area contributed by atoms with Crippen LogP contribution in [0.3, 0.4) is 0 Å². The third-order valence-electron chi connectivity index (χ3n) is 4.27. The van der Waals surface area contributed by atoms with Crippen LogP contribution >= 0.6 is 15.9 Å². The number of nitrogens with zero attached hydrogens (tertiary/aromatic N) is 4. The van der Waals surface area contributed by atoms with E-state index in [9.17, 15) is 0 Å². The van der Waals surface area contributed by atoms with Crippen LogP contribution in [0.25, 0.3) is 11.2 Å². The number of fused-ring (bicyclic) bond motifs is 1. The van der Waals surface area contributed by atoms with E-state index in [0.717, 1.165) is 25.1 Å². The smallest absolute Gasteiger partial charge is 0.200 e. The van der Waals surface area contributed by atoms with Gasteiger partial charge in [-0.2, -0.15) is 0 Å². The van der Waals surface area contributed by atoms with Crippen LogP contribution in [0.15, 0.2) is 29.3 Å². The molecule has 4 rings (SSSR count). The summed E-state index contributed by atoms with van der Waals surface area (Å²) in [5.41, 5.74) is 2.10. The second-order valence-corrected chi connectivity index (χ2v) is 6.53. The zero-order valence-electron chi connectivity index (χ0n) is 14.4. The zero-order valence-corrected chi connectivity index (χ0v) is 16.0. The summed E-state index contributed by atoms with van der Waals surface area (Å²) < 4.78 is 18.9. The van der Waals surface area contributed by atoms with Crippen LogP contribution in [0, 0.1) is 0 Å². The topological polar surface area (TPSA) is 83.3 Å². The number of nitrogens with one attached hydrogen (secondary N) is 1. The van der Waals surface area contributed by atoms with E-state index in [0.29, 0.717) is 33.2 Å². The maximum absolute atomic E-state index is 5.76. The molecule has 3 aromatic rings. The molecule has 0 saturated carbocycles. The first-order valence-corrected chi connectivity index (χ1v) is 8.99. The van der Waals surface area contributed by atoms with Crippen molar-refractivity contribution in [3.05, 3.63) is 29.3 Å². The van der Waals surface area contributed by atoms with Gasteiger partial charge in [-0.05, 0) is 40.9 Å². The lowest BCUT2D eigenvalue weighted by molar-refractivity contribution is 0.0592. The molecule has 3 heterocycles. The predicted molar refractivity (Wildman–Crippen MR) is 100 cm³/mol. The van der Waals surface area contributed by atoms with Crippen molar-refractivity contribution in [2.75, 3.05) is 26.1 Å². The van der Waals surface area contributed by atoms with Gasteiger partial charge in [-0.3, -0.25) is 4.57 Å². The molecule has 2 aromatic heterocycles. The highest BCUT2D eigenvalue weighted by Gasteiger charge is 2.22. The molecule has 1 aliphatic rings. The fraction of sp³-hybridized carbons (Fsp3) is 0.353. The highest BCUT2D eigenvalue weighted by molar-refractivity contribution is 9.10. The van der Waals surface area contributed by atoms with Crippen LogP contribution in [0.5, 0.6) is 11.5 Å². The fourth-order valence-corrected chi connectivity index (χ4v) is 3.35. The van der Waals surface area contributed by atoms with Crippen molar-refractivity contribution in [1.82, 2.24) is 19.5 Å². The van der Waals surface area contributed by atoms with Crippen molar-refractivity contribution in [2.45, 2.75) is 19.1 Å². The first kappa shape index (κ1) is 17.0. The average Bonchev–Trinajstić information content (AvgIpc) is 3.30. The minimum atomic E-state index is -0.0407. The Morgan fingerprint density at radius 1 is 1.27 bits per heavy atom. The second kappa shape index (κ2) is 7.08. The molecule has 1 fully saturated rings. The van der Waals surface area contributed by atoms with Gasteiger partial charge in [-0.15, -0.1) is 0 Å². The predicted octanol–water partition coefficient (Wildman–Crippen LogP) is 3.66. The molecule has 1 aliphatic heterocycles. The summed E-state index contributed by atoms with van der Waals surface area (Å²) in [4.78, 5) is 13.4. The molecule has 1 unspecified atom stereocenters. The lowest BCUT2D eigenvalue weighted by Crippen LogP contribution is -2.07. The van der Waals surface area contributed by atoms with Crippen LogP contribution in [0.4, 0.5) is 11.5 Å². The van der Waals surface area contributed by atoms with E-state index in [1.165, 1.54) is 0 Å². The first-order valence-electron chi connectivity index (χ1n) is 8.20. The largest absolute Gasteiger partial charge is 0.497 e. The Labute approximate surface area is 158 Å². The molecule has 0 radical (unpaired) electrons. The van der Waals surface area contributed by atoms with Crippen molar-refractivity contribution >= 4 is 38.6 Å². The summed E-state index contributed by atoms with van der Waals surface area (Å²) >= 11 is 3.39. The van der Waals surface area contributed by atoms with Crippen LogP contribution in [-0.4, -0.2) is 40.3 Å². The Hall–Kier alpha value is -2.39. The number of aromatic nitrogens is 4. The Balaban J connectivity index is 1.77. The summed E-state index contributed by atoms with van der Waals surface area (Å²) in [7, 11) is 3.24. The molecule has 1 aromatic carbocycles. The SMILES string of the molecule is COc1ccc(OC)c(Nc2nc(Br)nc3c2ncn3C2CCCO2)c1. The molecule has 26 heavy (non-hydrogen) atoms. The van der Waals surface area contributed by atoms with Crippen LogP contribution in [0.2, 0.25) is 0 Å². The van der Waals surface area contributed by atoms with Crippen molar-refractivity contribution in [3.8, 4) is 11.5 Å². The number of hydrogen-bond donors (Lipinski definition) is 1. The Kier molecular flexibility index (Phi) is 4.64. The molecule has 0 aliphatic carbocycles. The number of methoxy groups -OCH3 is 2. The number of rotatable bonds is 5. The molecule has 1 saturated heterocycles. The molecule has 9 heteroatoms. The van der Waals surface area contributed by atoms with Gasteiger partial charge in [0.2, 0.25) is 4.73 Å². The van der Waals surface area contributed by atoms with E-state index < -0.39 is 0 Å². The van der Waals surface area contributed by atoms with Gasteiger partial charge in [0.05, 0.1) is 26.2 Å². The van der Waals surface area contributed by atoms with Gasteiger partial charge in [0, 0.05) is 12.7 Å². The van der Waals surface area contributed by atoms with Gasteiger partial charge in [-0.25, -0.2) is 15.0 Å². The molecule has 0 spiro atoms. The monoisotopic (exact) mass is 419 g/mol. The minimum absolute atomic E-state index is 0.0407. The Morgan fingerprint density at radius 3 is 2.88 bits per heavy atom. The van der Waals surface area contributed by atoms with E-state index in [2.05, 4.69) is 36.2 Å². The lowest BCUT2D eigenvalue weighted by Gasteiger charge is -2.14. The van der Waals surface area contributed by atoms with Gasteiger partial charge in [0.1, 0.15) is 17.7 Å². The summed E-state index contributed by atoms with van der Waals surface area (Å²) in [6.45, 7) is 0.753. The van der Waals surface area contributed by atoms with Gasteiger partial charge >= 0.3 is 0 Å². The molecule has 8 nitrogen and oxygen atoms in total. The number of hydrogen-bond acceptors (Lipinski definition) is 7. The highest BCUT2D eigenvalue weighted by atomic mass is 79.9. The van der Waals surface area contributed by atoms with Crippen molar-refractivity contribution < 1.29 is 14.2 Å². The van der Waals surface area contributed by atoms with Crippen LogP contribution < -0.4 is 14.8 Å². The summed E-state index contributed by atoms with van der Waals surface area (Å²) in [5, 5.41) is 3.28. The Bertz CT molecular complexity index is 940. The number of halogens is 1. The second-order valence-electron chi connectivity index (χ2n) is 5.82. The van der Waals surface area contributed by atoms with E-state index in [-0.39, 0.29) is 6.23 Å². The van der Waals surface area contributed by atoms with E-state index >= 15 is 0 Å². The maximum atomic E-state index is 5.76. The quantitative estimate of drug-likeness (QED) is 0.631. The molecular weight excluding hydrogens is 402 g/mol. The lowest BCUT2D eigenvalue weighted by atomic mass is 10.2. The normalized spacial score (nSPS) is 16.8. The summed E-state index contributed by atoms with van der Waals surface area (Å²) in [5.74, 6) is 1.96. The van der Waals surface area contributed by atoms with E-state index in [4.69, 9.17) is 14.2 Å². The number of ether oxygens (including phenoxy) is 3. The standard InChI is InChI=1S/C17H18BrN5O3/c1-24-10-5-6-12(25-2)11(8-10)20-15-14-16(22-17(18)21-15)23(9-19-14)13-4-3-7-26-13/h5-6,8-9,13H,3-4,7H2,1-2H3,(H,20,21,22). The first-order chi connectivity index (χ1) is 12.7. The van der Waals surface area contributed by atoms with Crippen LogP contribution in [0.1, 0.15) is 19.1 Å². The van der Waals surface area contributed by atoms with Crippen molar-refractivity contribution in [3.63, 3.8) is 0 Å². The van der Waals surface area contributed by atoms with Gasteiger partial charge in [0.25, 0.3) is 0 Å². The van der Waals surface area contributed by atoms with Gasteiger partial charge in [-0.1, -0.05) is 0 Å². The third-order valence-corrected chi connectivity index (χ3v) is 4.62. The van der Waals surface area contributed by atoms with E-state index in [1.54, 1.807) is 20.5 Å². The molecule has 0 bridgehead atoms. The molecule has 0 amide bonds. The van der Waals surface area contributed by atoms with Gasteiger partial charge < -0.3 is 19.5 Å². The summed E-state index contributed by atoms with van der Waals surface area (Å²) in [6, 6.07) is 5.51. The minimum Gasteiger partial charge on any atom is -0.497 e. The average molecular weight is 420 g/mol. The number of anilines is 2. The zero-order chi connectivity index (χ0) is 18.1. The number of imidazole rings is 1. The molecule has 1 atom stereocenters. The van der Waals surface area contributed by atoms with Crippen molar-refractivity contribution in [2.24, 2.45) is 0 Å².